The number of aliphatic carboxylic acids is 2. The van der Waals surface area contributed by atoms with Crippen molar-refractivity contribution >= 4 is 17.7 Å². The summed E-state index contributed by atoms with van der Waals surface area (Å²) in [5.41, 5.74) is 0.628. The summed E-state index contributed by atoms with van der Waals surface area (Å²) in [5.74, 6) is -2.96. The minimum Gasteiger partial charge on any atom is -0.545 e. The highest BCUT2D eigenvalue weighted by molar-refractivity contribution is 5.95. The summed E-state index contributed by atoms with van der Waals surface area (Å²) in [5, 5.41) is 17.2. The summed E-state index contributed by atoms with van der Waals surface area (Å²) < 4.78 is 12.7. The Kier molecular flexibility index (Phi) is 9.10. The van der Waals surface area contributed by atoms with E-state index in [2.05, 4.69) is 0 Å². The average Bonchev–Trinajstić information content (AvgIpc) is 3.07. The van der Waals surface area contributed by atoms with Crippen LogP contribution in [0.25, 0.3) is 0 Å². The lowest BCUT2D eigenvalue weighted by atomic mass is 10.1. The number of nitrogens with one attached hydrogen (secondary N) is 1. The molecule has 2 rings (SSSR count). The van der Waals surface area contributed by atoms with Gasteiger partial charge in [-0.2, -0.15) is 0 Å². The first kappa shape index (κ1) is 20.5. The lowest BCUT2D eigenvalue weighted by Gasteiger charge is -2.11. The average molecular weight is 351 g/mol. The van der Waals surface area contributed by atoms with Gasteiger partial charge in [-0.15, -0.1) is 0 Å². The Balaban J connectivity index is 0.000000333. The third-order valence-corrected chi connectivity index (χ3v) is 3.77. The van der Waals surface area contributed by atoms with Crippen LogP contribution < -0.4 is 10.0 Å². The van der Waals surface area contributed by atoms with Crippen molar-refractivity contribution < 1.29 is 33.9 Å². The standard InChI is InChI=1S/C14H18FNO.C4H4O4/c15-13-7-5-12(6-8-13)14(17)4-3-11-16-9-1-2-10-16;5-3(6)1-2-4(7)8/h5-8H,1-4,9-11H2;1-2H,(H,5,6)(H,7,8)/b;2-1-. The van der Waals surface area contributed by atoms with E-state index in [-0.39, 0.29) is 11.6 Å². The molecule has 1 saturated heterocycles. The predicted molar refractivity (Wildman–Crippen MR) is 86.5 cm³/mol. The fourth-order valence-electron chi connectivity index (χ4n) is 2.54. The minimum atomic E-state index is -1.51. The van der Waals surface area contributed by atoms with E-state index in [9.17, 15) is 23.9 Å². The molecule has 0 aromatic heterocycles. The molecule has 136 valence electrons. The second-order valence-electron chi connectivity index (χ2n) is 5.73. The molecule has 0 radical (unpaired) electrons. The number of rotatable bonds is 7. The monoisotopic (exact) mass is 351 g/mol. The van der Waals surface area contributed by atoms with Gasteiger partial charge in [0.15, 0.2) is 5.78 Å². The topological polar surface area (TPSA) is 98.9 Å². The molecule has 25 heavy (non-hydrogen) atoms. The van der Waals surface area contributed by atoms with Crippen molar-refractivity contribution in [2.75, 3.05) is 19.6 Å². The molecule has 1 aromatic rings. The van der Waals surface area contributed by atoms with Crippen molar-refractivity contribution in [1.82, 2.24) is 0 Å². The van der Waals surface area contributed by atoms with Gasteiger partial charge in [-0.05, 0) is 30.3 Å². The highest BCUT2D eigenvalue weighted by Crippen LogP contribution is 2.06. The van der Waals surface area contributed by atoms with E-state index in [0.717, 1.165) is 13.0 Å². The van der Waals surface area contributed by atoms with Crippen LogP contribution in [0.4, 0.5) is 4.39 Å². The summed E-state index contributed by atoms with van der Waals surface area (Å²) in [6, 6.07) is 5.83. The fraction of sp³-hybridized carbons (Fsp3) is 0.389. The Morgan fingerprint density at radius 1 is 1.12 bits per heavy atom. The van der Waals surface area contributed by atoms with Crippen LogP contribution in [0, 0.1) is 5.82 Å². The van der Waals surface area contributed by atoms with Crippen LogP contribution in [-0.2, 0) is 9.59 Å². The van der Waals surface area contributed by atoms with E-state index in [1.54, 1.807) is 17.0 Å². The lowest BCUT2D eigenvalue weighted by molar-refractivity contribution is -0.887. The number of carbonyl (C=O) groups excluding carboxylic acids is 2. The predicted octanol–water partition coefficient (Wildman–Crippen LogP) is -0.156. The summed E-state index contributed by atoms with van der Waals surface area (Å²) >= 11 is 0. The van der Waals surface area contributed by atoms with Crippen molar-refractivity contribution in [1.29, 1.82) is 0 Å². The number of benzene rings is 1. The first-order chi connectivity index (χ1) is 11.9. The van der Waals surface area contributed by atoms with Crippen molar-refractivity contribution in [3.8, 4) is 0 Å². The molecule has 0 aliphatic carbocycles. The minimum absolute atomic E-state index is 0.128. The van der Waals surface area contributed by atoms with Gasteiger partial charge in [-0.3, -0.25) is 4.79 Å². The molecule has 1 fully saturated rings. The zero-order valence-corrected chi connectivity index (χ0v) is 13.9. The van der Waals surface area contributed by atoms with Gasteiger partial charge in [0.2, 0.25) is 0 Å². The summed E-state index contributed by atoms with van der Waals surface area (Å²) in [6.07, 6.45) is 5.10. The van der Waals surface area contributed by atoms with Crippen molar-refractivity contribution in [3.05, 3.63) is 47.8 Å². The van der Waals surface area contributed by atoms with Gasteiger partial charge in [-0.25, -0.2) is 9.18 Å². The largest absolute Gasteiger partial charge is 0.545 e. The molecule has 0 saturated carbocycles. The Morgan fingerprint density at radius 2 is 1.72 bits per heavy atom. The molecule has 2 N–H and O–H groups in total. The molecule has 1 aliphatic rings. The van der Waals surface area contributed by atoms with Crippen LogP contribution in [0.3, 0.4) is 0 Å². The van der Waals surface area contributed by atoms with Crippen molar-refractivity contribution in [2.45, 2.75) is 25.7 Å². The van der Waals surface area contributed by atoms with Crippen LogP contribution in [-0.4, -0.2) is 42.5 Å². The Hall–Kier alpha value is -2.54. The number of halogens is 1. The van der Waals surface area contributed by atoms with Crippen LogP contribution in [0.1, 0.15) is 36.0 Å². The molecule has 1 aliphatic heterocycles. The van der Waals surface area contributed by atoms with Gasteiger partial charge >= 0.3 is 5.97 Å². The summed E-state index contributed by atoms with van der Waals surface area (Å²) in [6.45, 7) is 3.60. The van der Waals surface area contributed by atoms with E-state index in [1.807, 2.05) is 0 Å². The Labute approximate surface area is 145 Å². The van der Waals surface area contributed by atoms with Gasteiger partial charge < -0.3 is 19.9 Å². The van der Waals surface area contributed by atoms with E-state index in [4.69, 9.17) is 5.11 Å². The number of hydrogen-bond donors (Lipinski definition) is 2. The number of carbonyl (C=O) groups is 3. The molecule has 1 aromatic carbocycles. The highest BCUT2D eigenvalue weighted by atomic mass is 19.1. The van der Waals surface area contributed by atoms with Crippen LogP contribution in [0.15, 0.2) is 36.4 Å². The normalized spacial score (nSPS) is 14.1. The van der Waals surface area contributed by atoms with Crippen LogP contribution in [0.2, 0.25) is 0 Å². The molecule has 0 atom stereocenters. The smallest absolute Gasteiger partial charge is 0.328 e. The molecule has 0 spiro atoms. The second-order valence-corrected chi connectivity index (χ2v) is 5.73. The van der Waals surface area contributed by atoms with Crippen LogP contribution in [0.5, 0.6) is 0 Å². The first-order valence-electron chi connectivity index (χ1n) is 8.13. The summed E-state index contributed by atoms with van der Waals surface area (Å²) in [7, 11) is 0. The van der Waals surface area contributed by atoms with Gasteiger partial charge in [0, 0.05) is 37.3 Å². The van der Waals surface area contributed by atoms with Crippen molar-refractivity contribution in [3.63, 3.8) is 0 Å². The van der Waals surface area contributed by atoms with E-state index in [0.29, 0.717) is 24.1 Å². The van der Waals surface area contributed by atoms with Crippen molar-refractivity contribution in [2.24, 2.45) is 0 Å². The quantitative estimate of drug-likeness (QED) is 0.526. The number of quaternary nitrogens is 1. The number of carboxylic acid groups (broad SMARTS) is 2. The van der Waals surface area contributed by atoms with E-state index >= 15 is 0 Å². The summed E-state index contributed by atoms with van der Waals surface area (Å²) in [4.78, 5) is 32.4. The number of Topliss-reactive ketones (excluding diaryl/α,β-unsaturated/α-hetero) is 1. The molecule has 7 heteroatoms. The number of ketones is 1. The Morgan fingerprint density at radius 3 is 2.20 bits per heavy atom. The zero-order chi connectivity index (χ0) is 18.7. The third-order valence-electron chi connectivity index (χ3n) is 3.77. The number of carboxylic acids is 2. The SMILES string of the molecule is O=C(CCC[NH+]1CCCC1)c1ccc(F)cc1.O=C([O-])/C=C\C(=O)O. The van der Waals surface area contributed by atoms with Crippen LogP contribution >= 0.6 is 0 Å². The third kappa shape index (κ3) is 9.36. The number of hydrogen-bond acceptors (Lipinski definition) is 4. The lowest BCUT2D eigenvalue weighted by Crippen LogP contribution is -3.10. The molecule has 0 amide bonds. The zero-order valence-electron chi connectivity index (χ0n) is 13.9. The highest BCUT2D eigenvalue weighted by Gasteiger charge is 2.15. The van der Waals surface area contributed by atoms with Gasteiger partial charge in [0.25, 0.3) is 0 Å². The molecule has 6 nitrogen and oxygen atoms in total. The first-order valence-corrected chi connectivity index (χ1v) is 8.13. The molecular weight excluding hydrogens is 329 g/mol. The van der Waals surface area contributed by atoms with Gasteiger partial charge in [0.05, 0.1) is 25.6 Å². The fourth-order valence-corrected chi connectivity index (χ4v) is 2.54. The maximum atomic E-state index is 12.7. The maximum Gasteiger partial charge on any atom is 0.328 e. The van der Waals surface area contributed by atoms with E-state index < -0.39 is 11.9 Å². The maximum absolute atomic E-state index is 12.7. The van der Waals surface area contributed by atoms with Gasteiger partial charge in [-0.1, -0.05) is 0 Å². The molecule has 0 unspecified atom stereocenters. The molecule has 1 heterocycles. The molecule has 0 bridgehead atoms. The number of likely N-dealkylation sites (tertiary alicyclic amines) is 1. The van der Waals surface area contributed by atoms with E-state index in [1.165, 1.54) is 38.1 Å². The molecular formula is C18H22FNO5. The Bertz CT molecular complexity index is 590. The van der Waals surface area contributed by atoms with Gasteiger partial charge in [0.1, 0.15) is 5.82 Å². The second kappa shape index (κ2) is 11.1.